The molecular weight excluding hydrogens is 130 g/mol. The van der Waals surface area contributed by atoms with Crippen LogP contribution >= 0.6 is 0 Å². The van der Waals surface area contributed by atoms with Gasteiger partial charge < -0.3 is 10.1 Å². The van der Waals surface area contributed by atoms with E-state index in [1.54, 1.807) is 0 Å². The maximum atomic E-state index is 11.6. The molecule has 0 radical (unpaired) electrons. The number of esters is 1. The molecule has 0 aromatic rings. The summed E-state index contributed by atoms with van der Waals surface area (Å²) in [5.74, 6) is -5.09. The Balaban J connectivity index is 3.64. The van der Waals surface area contributed by atoms with E-state index in [1.165, 1.54) is 5.32 Å². The molecule has 1 N–H and O–H groups in total. The second-order valence-electron chi connectivity index (χ2n) is 1.49. The molecule has 1 aliphatic heterocycles. The molecule has 1 heterocycles. The summed E-state index contributed by atoms with van der Waals surface area (Å²) in [6.45, 7) is -6.28. The van der Waals surface area contributed by atoms with Crippen LogP contribution in [0.5, 0.6) is 0 Å². The number of hydrogen-bond donors (Lipinski definition) is 1. The predicted octanol–water partition coefficient (Wildman–Crippen LogP) is 0.159. The Bertz CT molecular complexity index is 381. The number of hydrogen-bond acceptors (Lipinski definition) is 3. The Morgan fingerprint density at radius 2 is 2.40 bits per heavy atom. The minimum atomic E-state index is -3.41. The molecule has 0 aromatic heterocycles. The summed E-state index contributed by atoms with van der Waals surface area (Å²) in [4.78, 5) is 11.6. The number of rotatable bonds is 1. The van der Waals surface area contributed by atoms with Gasteiger partial charge in [-0.2, -0.15) is 0 Å². The summed E-state index contributed by atoms with van der Waals surface area (Å²) >= 11 is 0. The lowest BCUT2D eigenvalue weighted by Gasteiger charge is -2.19. The van der Waals surface area contributed by atoms with Crippen molar-refractivity contribution in [3.63, 3.8) is 0 Å². The number of ether oxygens (including phenoxy) is 1. The van der Waals surface area contributed by atoms with Crippen LogP contribution in [0.4, 0.5) is 0 Å². The Labute approximate surface area is 73.4 Å². The van der Waals surface area contributed by atoms with Gasteiger partial charge in [0.25, 0.3) is 0 Å². The topological polar surface area (TPSA) is 38.3 Å². The molecule has 0 unspecified atom stereocenters. The average molecular weight is 152 g/mol. The lowest BCUT2D eigenvalue weighted by molar-refractivity contribution is -0.146. The monoisotopic (exact) mass is 152 g/mol. The van der Waals surface area contributed by atoms with Crippen LogP contribution in [0.25, 0.3) is 0 Å². The van der Waals surface area contributed by atoms with E-state index in [9.17, 15) is 4.79 Å². The van der Waals surface area contributed by atoms with Gasteiger partial charge in [0.05, 0.1) is 13.0 Å². The number of methoxy groups -OCH3 is 1. The maximum absolute atomic E-state index is 11.6. The van der Waals surface area contributed by atoms with Crippen LogP contribution in [0, 0.1) is 5.89 Å². The first kappa shape index (κ1) is 1.97. The molecule has 0 amide bonds. The second-order valence-corrected chi connectivity index (χ2v) is 1.49. The average Bonchev–Trinajstić information content (AvgIpc) is 2.22. The first-order valence-electron chi connectivity index (χ1n) is 7.07. The molecule has 3 nitrogen and oxygen atoms in total. The standard InChI is InChI=1S/C7H13NO2/c1-10-7(9)6-2-4-8-5-3-6/h6,8H,2-5H2,1H3/i2D2,3D2,4D2,5D2,6D. The Kier molecular flexibility index (Phi) is 0.703. The number of carbonyl (C=O) groups is 1. The van der Waals surface area contributed by atoms with Gasteiger partial charge in [-0.05, 0) is 25.7 Å². The van der Waals surface area contributed by atoms with Gasteiger partial charge in [-0.15, -0.1) is 0 Å². The highest BCUT2D eigenvalue weighted by Crippen LogP contribution is 2.12. The third kappa shape index (κ3) is 1.70. The van der Waals surface area contributed by atoms with E-state index < -0.39 is 37.6 Å². The van der Waals surface area contributed by atoms with Crippen molar-refractivity contribution in [2.75, 3.05) is 20.1 Å². The largest absolute Gasteiger partial charge is 0.469 e. The highest BCUT2D eigenvalue weighted by Gasteiger charge is 2.20. The number of piperidine rings is 1. The summed E-state index contributed by atoms with van der Waals surface area (Å²) in [6.07, 6.45) is -6.72. The summed E-state index contributed by atoms with van der Waals surface area (Å²) < 4.78 is 72.0. The number of nitrogens with one attached hydrogen (secondary N) is 1. The Hall–Kier alpha value is -0.570. The van der Waals surface area contributed by atoms with Crippen LogP contribution in [-0.2, 0) is 9.53 Å². The van der Waals surface area contributed by atoms with Gasteiger partial charge in [-0.3, -0.25) is 4.79 Å². The smallest absolute Gasteiger partial charge is 0.308 e. The van der Waals surface area contributed by atoms with Crippen LogP contribution in [-0.4, -0.2) is 26.1 Å². The van der Waals surface area contributed by atoms with Gasteiger partial charge in [0.1, 0.15) is 0 Å². The fourth-order valence-electron chi connectivity index (χ4n) is 0.454. The Morgan fingerprint density at radius 1 is 1.80 bits per heavy atom. The summed E-state index contributed by atoms with van der Waals surface area (Å²) in [5, 5.41) is 1.54. The minimum absolute atomic E-state index is 0.790. The summed E-state index contributed by atoms with van der Waals surface area (Å²) in [7, 11) is 0.790. The SMILES string of the molecule is [2H]C1([2H])NC([2H])([2H])C([2H])([2H])C([2H])(C(=O)OC)C1([2H])[2H]. The van der Waals surface area contributed by atoms with Gasteiger partial charge >= 0.3 is 5.97 Å². The zero-order chi connectivity index (χ0) is 15.5. The lowest BCUT2D eigenvalue weighted by atomic mass is 9.99. The van der Waals surface area contributed by atoms with E-state index in [0.29, 0.717) is 0 Å². The molecule has 1 saturated heterocycles. The molecule has 0 saturated carbocycles. The van der Waals surface area contributed by atoms with Gasteiger partial charge in [0.15, 0.2) is 0 Å². The van der Waals surface area contributed by atoms with Gasteiger partial charge in [0, 0.05) is 12.3 Å². The normalized spacial score (nSPS) is 57.1. The lowest BCUT2D eigenvalue weighted by Crippen LogP contribution is -2.32. The number of carbonyl (C=O) groups excluding carboxylic acids is 1. The molecule has 0 spiro atoms. The highest BCUT2D eigenvalue weighted by molar-refractivity contribution is 5.72. The fraction of sp³-hybridized carbons (Fsp3) is 0.857. The molecule has 0 atom stereocenters. The molecule has 10 heavy (non-hydrogen) atoms. The molecule has 1 rings (SSSR count). The third-order valence-corrected chi connectivity index (χ3v) is 0.890. The van der Waals surface area contributed by atoms with Crippen molar-refractivity contribution < 1.29 is 21.9 Å². The van der Waals surface area contributed by atoms with Gasteiger partial charge in [-0.1, -0.05) is 0 Å². The van der Waals surface area contributed by atoms with E-state index in [1.807, 2.05) is 0 Å². The maximum Gasteiger partial charge on any atom is 0.308 e. The first-order chi connectivity index (χ1) is 8.19. The van der Waals surface area contributed by atoms with E-state index in [4.69, 9.17) is 12.3 Å². The van der Waals surface area contributed by atoms with Crippen LogP contribution in [0.3, 0.4) is 0 Å². The van der Waals surface area contributed by atoms with E-state index in [2.05, 4.69) is 4.74 Å². The quantitative estimate of drug-likeness (QED) is 0.544. The minimum Gasteiger partial charge on any atom is -0.469 e. The zero-order valence-electron chi connectivity index (χ0n) is 14.3. The second kappa shape index (κ2) is 3.56. The van der Waals surface area contributed by atoms with E-state index >= 15 is 0 Å². The van der Waals surface area contributed by atoms with E-state index in [0.717, 1.165) is 7.11 Å². The van der Waals surface area contributed by atoms with Crippen molar-refractivity contribution in [2.45, 2.75) is 12.7 Å². The molecule has 1 aliphatic rings. The van der Waals surface area contributed by atoms with Crippen LogP contribution in [0.2, 0.25) is 0 Å². The van der Waals surface area contributed by atoms with Crippen molar-refractivity contribution in [3.8, 4) is 0 Å². The van der Waals surface area contributed by atoms with E-state index in [-0.39, 0.29) is 0 Å². The van der Waals surface area contributed by atoms with Crippen molar-refractivity contribution >= 4 is 5.97 Å². The van der Waals surface area contributed by atoms with Crippen molar-refractivity contribution in [1.82, 2.24) is 5.32 Å². The van der Waals surface area contributed by atoms with Gasteiger partial charge in [-0.25, -0.2) is 0 Å². The van der Waals surface area contributed by atoms with Gasteiger partial charge in [0.2, 0.25) is 0 Å². The molecule has 58 valence electrons. The third-order valence-electron chi connectivity index (χ3n) is 0.890. The molecule has 1 fully saturated rings. The summed E-state index contributed by atoms with van der Waals surface area (Å²) in [6, 6.07) is 0. The fourth-order valence-corrected chi connectivity index (χ4v) is 0.454. The van der Waals surface area contributed by atoms with Crippen LogP contribution in [0.15, 0.2) is 0 Å². The highest BCUT2D eigenvalue weighted by atomic mass is 16.5. The van der Waals surface area contributed by atoms with Crippen molar-refractivity contribution in [2.24, 2.45) is 5.89 Å². The van der Waals surface area contributed by atoms with Crippen LogP contribution in [0.1, 0.15) is 25.1 Å². The summed E-state index contributed by atoms with van der Waals surface area (Å²) in [5.41, 5.74) is 0. The Morgan fingerprint density at radius 3 is 2.90 bits per heavy atom. The van der Waals surface area contributed by atoms with Crippen molar-refractivity contribution in [1.29, 1.82) is 0 Å². The molecule has 3 heteroatoms. The van der Waals surface area contributed by atoms with Crippen LogP contribution < -0.4 is 5.32 Å². The molecule has 0 aromatic carbocycles. The zero-order valence-corrected chi connectivity index (χ0v) is 5.32. The molecule has 0 bridgehead atoms. The molecular formula is C7H13NO2. The first-order valence-corrected chi connectivity index (χ1v) is 2.57. The molecule has 0 aliphatic carbocycles. The van der Waals surface area contributed by atoms with Crippen molar-refractivity contribution in [3.05, 3.63) is 0 Å². The predicted molar refractivity (Wildman–Crippen MR) is 37.6 cm³/mol.